The van der Waals surface area contributed by atoms with Gasteiger partial charge in [-0.15, -0.1) is 0 Å². The van der Waals surface area contributed by atoms with E-state index >= 15 is 0 Å². The Balaban J connectivity index is 1.56. The molecular formula is C29H46O6. The summed E-state index contributed by atoms with van der Waals surface area (Å²) in [5.74, 6) is 2.64. The van der Waals surface area contributed by atoms with Crippen LogP contribution in [0.2, 0.25) is 0 Å². The molecule has 10 unspecified atom stereocenters. The van der Waals surface area contributed by atoms with Crippen molar-refractivity contribution in [1.29, 1.82) is 0 Å². The monoisotopic (exact) mass is 490 g/mol. The first-order chi connectivity index (χ1) is 16.5. The lowest BCUT2D eigenvalue weighted by atomic mass is 9.43. The van der Waals surface area contributed by atoms with Gasteiger partial charge in [0, 0.05) is 26.2 Å². The largest absolute Gasteiger partial charge is 0.469 e. The van der Waals surface area contributed by atoms with Gasteiger partial charge >= 0.3 is 17.9 Å². The van der Waals surface area contributed by atoms with Crippen molar-refractivity contribution < 1.29 is 28.6 Å². The highest BCUT2D eigenvalue weighted by molar-refractivity contribution is 5.69. The molecule has 0 heterocycles. The summed E-state index contributed by atoms with van der Waals surface area (Å²) >= 11 is 0. The van der Waals surface area contributed by atoms with E-state index in [0.717, 1.165) is 32.1 Å². The van der Waals surface area contributed by atoms with Gasteiger partial charge in [-0.1, -0.05) is 20.8 Å². The van der Waals surface area contributed by atoms with Crippen molar-refractivity contribution in [3.63, 3.8) is 0 Å². The van der Waals surface area contributed by atoms with Gasteiger partial charge in [-0.25, -0.2) is 0 Å². The van der Waals surface area contributed by atoms with Gasteiger partial charge in [0.2, 0.25) is 0 Å². The first-order valence-corrected chi connectivity index (χ1v) is 13.9. The van der Waals surface area contributed by atoms with E-state index in [9.17, 15) is 14.4 Å². The molecule has 4 aliphatic rings. The fourth-order valence-corrected chi connectivity index (χ4v) is 9.54. The van der Waals surface area contributed by atoms with Crippen molar-refractivity contribution >= 4 is 17.9 Å². The van der Waals surface area contributed by atoms with E-state index < -0.39 is 0 Å². The normalized spacial score (nSPS) is 43.2. The average molecular weight is 491 g/mol. The molecule has 0 aromatic carbocycles. The summed E-state index contributed by atoms with van der Waals surface area (Å²) in [6.45, 7) is 10.3. The lowest BCUT2D eigenvalue weighted by Crippen LogP contribution is -2.59. The van der Waals surface area contributed by atoms with E-state index in [1.807, 2.05) is 0 Å². The molecule has 0 amide bonds. The summed E-state index contributed by atoms with van der Waals surface area (Å²) in [4.78, 5) is 35.6. The van der Waals surface area contributed by atoms with Crippen molar-refractivity contribution in [1.82, 2.24) is 0 Å². The number of carbonyl (C=O) groups is 3. The van der Waals surface area contributed by atoms with Crippen LogP contribution in [-0.2, 0) is 28.6 Å². The number of hydrogen-bond acceptors (Lipinski definition) is 6. The molecule has 4 rings (SSSR count). The predicted molar refractivity (Wildman–Crippen MR) is 132 cm³/mol. The molecule has 0 spiro atoms. The third kappa shape index (κ3) is 4.87. The van der Waals surface area contributed by atoms with Gasteiger partial charge in [-0.2, -0.15) is 0 Å². The Bertz CT molecular complexity index is 824. The minimum Gasteiger partial charge on any atom is -0.469 e. The van der Waals surface area contributed by atoms with E-state index in [4.69, 9.17) is 14.2 Å². The maximum Gasteiger partial charge on any atom is 0.305 e. The molecule has 0 bridgehead atoms. The quantitative estimate of drug-likeness (QED) is 0.351. The molecule has 0 N–H and O–H groups in total. The second-order valence-electron chi connectivity index (χ2n) is 12.7. The maximum absolute atomic E-state index is 12.1. The molecule has 0 radical (unpaired) electrons. The van der Waals surface area contributed by atoms with Crippen LogP contribution in [0.1, 0.15) is 98.8 Å². The highest BCUT2D eigenvalue weighted by atomic mass is 16.5. The number of hydrogen-bond donors (Lipinski definition) is 0. The van der Waals surface area contributed by atoms with Crippen LogP contribution < -0.4 is 0 Å². The molecule has 0 aliphatic heterocycles. The highest BCUT2D eigenvalue weighted by Gasteiger charge is 2.63. The Morgan fingerprint density at radius 3 is 2.17 bits per heavy atom. The second kappa shape index (κ2) is 10.0. The van der Waals surface area contributed by atoms with Crippen molar-refractivity contribution in [2.75, 3.05) is 7.11 Å². The molecule has 6 heteroatoms. The topological polar surface area (TPSA) is 78.9 Å². The zero-order valence-corrected chi connectivity index (χ0v) is 22.6. The molecule has 4 saturated carbocycles. The number of methoxy groups -OCH3 is 1. The van der Waals surface area contributed by atoms with Gasteiger partial charge in [-0.05, 0) is 98.2 Å². The van der Waals surface area contributed by atoms with E-state index in [1.54, 1.807) is 0 Å². The number of esters is 3. The van der Waals surface area contributed by atoms with Gasteiger partial charge in [0.1, 0.15) is 12.2 Å². The third-order valence-electron chi connectivity index (χ3n) is 11.0. The fourth-order valence-electron chi connectivity index (χ4n) is 9.54. The number of ether oxygens (including phenoxy) is 3. The number of fused-ring (bicyclic) bond motifs is 5. The van der Waals surface area contributed by atoms with Crippen LogP contribution in [0.25, 0.3) is 0 Å². The van der Waals surface area contributed by atoms with Gasteiger partial charge < -0.3 is 14.2 Å². The number of carbonyl (C=O) groups excluding carboxylic acids is 3. The van der Waals surface area contributed by atoms with Crippen molar-refractivity contribution in [3.05, 3.63) is 0 Å². The Kier molecular flexibility index (Phi) is 7.60. The first-order valence-electron chi connectivity index (χ1n) is 13.9. The predicted octanol–water partition coefficient (Wildman–Crippen LogP) is 5.71. The summed E-state index contributed by atoms with van der Waals surface area (Å²) in [6.07, 6.45) is 9.78. The van der Waals surface area contributed by atoms with Gasteiger partial charge in [0.05, 0.1) is 7.11 Å². The summed E-state index contributed by atoms with van der Waals surface area (Å²) in [5.41, 5.74) is 0.380. The zero-order chi connectivity index (χ0) is 25.5. The van der Waals surface area contributed by atoms with Crippen LogP contribution in [0.3, 0.4) is 0 Å². The molecule has 10 atom stereocenters. The van der Waals surface area contributed by atoms with Gasteiger partial charge in [0.15, 0.2) is 0 Å². The Hall–Kier alpha value is -1.59. The standard InChI is InChI=1S/C29H46O6/c1-17(7-10-27(32)33-6)22-8-9-23-21-16-26(35-19(3)31)25-15-20(34-18(2)30)11-13-29(25,5)24(21)12-14-28(22,23)4/h17,20-26H,7-16H2,1-6H3. The molecule has 198 valence electrons. The SMILES string of the molecule is COC(=O)CCC(C)C1CCC2C3CC(OC(C)=O)C4CC(OC(C)=O)CCC4(C)C3CCC12C. The van der Waals surface area contributed by atoms with Gasteiger partial charge in [-0.3, -0.25) is 14.4 Å². The average Bonchev–Trinajstić information content (AvgIpc) is 3.14. The molecule has 4 fully saturated rings. The maximum atomic E-state index is 12.1. The third-order valence-corrected chi connectivity index (χ3v) is 11.0. The van der Waals surface area contributed by atoms with E-state index in [-0.39, 0.29) is 46.9 Å². The minimum atomic E-state index is -0.219. The number of rotatable bonds is 6. The van der Waals surface area contributed by atoms with E-state index in [1.165, 1.54) is 46.6 Å². The zero-order valence-electron chi connectivity index (χ0n) is 22.6. The minimum absolute atomic E-state index is 0.0689. The van der Waals surface area contributed by atoms with Crippen molar-refractivity contribution in [3.8, 4) is 0 Å². The van der Waals surface area contributed by atoms with Crippen LogP contribution in [0, 0.1) is 46.3 Å². The fraction of sp³-hybridized carbons (Fsp3) is 0.897. The molecular weight excluding hydrogens is 444 g/mol. The highest BCUT2D eigenvalue weighted by Crippen LogP contribution is 2.68. The summed E-state index contributed by atoms with van der Waals surface area (Å²) in [6, 6.07) is 0. The van der Waals surface area contributed by atoms with E-state index in [0.29, 0.717) is 36.0 Å². The second-order valence-corrected chi connectivity index (χ2v) is 12.7. The van der Waals surface area contributed by atoms with Crippen LogP contribution in [0.4, 0.5) is 0 Å². The van der Waals surface area contributed by atoms with Crippen molar-refractivity contribution in [2.45, 2.75) is 111 Å². The first kappa shape index (κ1) is 26.5. The summed E-state index contributed by atoms with van der Waals surface area (Å²) in [5, 5.41) is 0. The van der Waals surface area contributed by atoms with Crippen LogP contribution in [0.15, 0.2) is 0 Å². The molecule has 6 nitrogen and oxygen atoms in total. The van der Waals surface area contributed by atoms with Crippen LogP contribution in [0.5, 0.6) is 0 Å². The van der Waals surface area contributed by atoms with Crippen molar-refractivity contribution in [2.24, 2.45) is 46.3 Å². The Morgan fingerprint density at radius 2 is 1.51 bits per heavy atom. The lowest BCUT2D eigenvalue weighted by molar-refractivity contribution is -0.197. The molecule has 0 aromatic heterocycles. The Morgan fingerprint density at radius 1 is 0.857 bits per heavy atom. The molecule has 0 saturated heterocycles. The van der Waals surface area contributed by atoms with Crippen LogP contribution >= 0.6 is 0 Å². The smallest absolute Gasteiger partial charge is 0.305 e. The Labute approximate surface area is 211 Å². The summed E-state index contributed by atoms with van der Waals surface area (Å²) in [7, 11) is 1.47. The molecule has 4 aliphatic carbocycles. The lowest BCUT2D eigenvalue weighted by Gasteiger charge is -2.62. The van der Waals surface area contributed by atoms with Gasteiger partial charge in [0.25, 0.3) is 0 Å². The van der Waals surface area contributed by atoms with E-state index in [2.05, 4.69) is 20.8 Å². The molecule has 35 heavy (non-hydrogen) atoms. The molecule has 0 aromatic rings. The summed E-state index contributed by atoms with van der Waals surface area (Å²) < 4.78 is 16.6. The van der Waals surface area contributed by atoms with Crippen LogP contribution in [-0.4, -0.2) is 37.2 Å².